The maximum Gasteiger partial charge on any atom is 0.204 e. The van der Waals surface area contributed by atoms with Crippen molar-refractivity contribution in [2.75, 3.05) is 0 Å². The summed E-state index contributed by atoms with van der Waals surface area (Å²) in [5.74, 6) is 0. The fraction of sp³-hybridized carbons (Fsp3) is 0. The molecule has 0 unspecified atom stereocenters. The Kier molecular flexibility index (Phi) is 3.99. The molecular formula is C3H5N3O. The Morgan fingerprint density at radius 1 is 1.43 bits per heavy atom. The third kappa shape index (κ3) is 4.81. The zero-order chi connectivity index (χ0) is 5.54. The molecule has 0 spiro atoms. The lowest BCUT2D eigenvalue weighted by molar-refractivity contribution is 0.346. The molecule has 2 N–H and O–H groups in total. The number of oxime groups is 1. The Hall–Kier alpha value is -1.19. The fourth-order valence-electron chi connectivity index (χ4n) is 0.0960. The van der Waals surface area contributed by atoms with Crippen molar-refractivity contribution in [1.29, 1.82) is 10.8 Å². The van der Waals surface area contributed by atoms with E-state index in [0.717, 1.165) is 12.4 Å². The first-order valence-corrected chi connectivity index (χ1v) is 1.59. The summed E-state index contributed by atoms with van der Waals surface area (Å²) < 4.78 is 0. The van der Waals surface area contributed by atoms with Gasteiger partial charge in [0.05, 0.1) is 6.21 Å². The maximum absolute atomic E-state index is 6.35. The molecule has 0 rings (SSSR count). The van der Waals surface area contributed by atoms with E-state index in [2.05, 4.69) is 9.99 Å². The lowest BCUT2D eigenvalue weighted by Gasteiger charge is -1.76. The van der Waals surface area contributed by atoms with E-state index < -0.39 is 0 Å². The molecule has 0 aromatic carbocycles. The number of nitrogens with zero attached hydrogens (tertiary/aromatic N) is 1. The Balaban J connectivity index is 3.08. The molecule has 0 atom stereocenters. The summed E-state index contributed by atoms with van der Waals surface area (Å²) in [5, 5.41) is 15.7. The molecule has 0 aromatic heterocycles. The van der Waals surface area contributed by atoms with Gasteiger partial charge in [0.15, 0.2) is 0 Å². The minimum atomic E-state index is 0.681. The molecule has 0 bridgehead atoms. The predicted molar refractivity (Wildman–Crippen MR) is 27.1 cm³/mol. The first-order chi connectivity index (χ1) is 3.41. The van der Waals surface area contributed by atoms with Gasteiger partial charge in [0.2, 0.25) is 6.40 Å². The number of rotatable bonds is 3. The molecule has 0 fully saturated rings. The summed E-state index contributed by atoms with van der Waals surface area (Å²) in [5.41, 5.74) is 0. The van der Waals surface area contributed by atoms with Crippen LogP contribution in [0.1, 0.15) is 0 Å². The number of hydrogen-bond donors (Lipinski definition) is 2. The molecule has 0 aliphatic rings. The third-order valence-corrected chi connectivity index (χ3v) is 0.249. The van der Waals surface area contributed by atoms with E-state index in [1.54, 1.807) is 0 Å². The Morgan fingerprint density at radius 2 is 2.14 bits per heavy atom. The summed E-state index contributed by atoms with van der Waals surface area (Å²) in [6.45, 7) is 0. The molecule has 0 aliphatic heterocycles. The van der Waals surface area contributed by atoms with Crippen LogP contribution in [-0.4, -0.2) is 18.8 Å². The van der Waals surface area contributed by atoms with Crippen LogP contribution in [0.2, 0.25) is 0 Å². The molecule has 4 heteroatoms. The second-order valence-electron chi connectivity index (χ2n) is 0.644. The van der Waals surface area contributed by atoms with E-state index in [1.165, 1.54) is 0 Å². The highest BCUT2D eigenvalue weighted by Crippen LogP contribution is 1.59. The number of nitrogens with one attached hydrogen (secondary N) is 2. The molecule has 0 radical (unpaired) electrons. The van der Waals surface area contributed by atoms with Crippen molar-refractivity contribution in [3.8, 4) is 0 Å². The van der Waals surface area contributed by atoms with Gasteiger partial charge in [-0.3, -0.25) is 5.41 Å². The summed E-state index contributed by atoms with van der Waals surface area (Å²) in [6, 6.07) is 0. The first-order valence-electron chi connectivity index (χ1n) is 1.59. The minimum absolute atomic E-state index is 0.681. The average Bonchev–Trinajstić information content (AvgIpc) is 1.69. The highest BCUT2D eigenvalue weighted by atomic mass is 16.6. The second-order valence-corrected chi connectivity index (χ2v) is 0.644. The van der Waals surface area contributed by atoms with Gasteiger partial charge >= 0.3 is 0 Å². The lowest BCUT2D eigenvalue weighted by Crippen LogP contribution is -1.75. The van der Waals surface area contributed by atoms with Gasteiger partial charge in [-0.1, -0.05) is 5.16 Å². The van der Waals surface area contributed by atoms with Crippen LogP contribution >= 0.6 is 0 Å². The van der Waals surface area contributed by atoms with Crippen LogP contribution < -0.4 is 0 Å². The molecule has 0 heterocycles. The molecule has 0 amide bonds. The van der Waals surface area contributed by atoms with Crippen LogP contribution in [-0.2, 0) is 4.84 Å². The van der Waals surface area contributed by atoms with E-state index in [9.17, 15) is 0 Å². The first kappa shape index (κ1) is 5.81. The number of hydrogen-bond acceptors (Lipinski definition) is 4. The van der Waals surface area contributed by atoms with Gasteiger partial charge < -0.3 is 10.2 Å². The van der Waals surface area contributed by atoms with Gasteiger partial charge in [-0.05, 0) is 0 Å². The van der Waals surface area contributed by atoms with Crippen LogP contribution in [0.5, 0.6) is 0 Å². The molecule has 38 valence electrons. The van der Waals surface area contributed by atoms with Crippen LogP contribution in [0.15, 0.2) is 5.16 Å². The van der Waals surface area contributed by atoms with Gasteiger partial charge in [0, 0.05) is 6.21 Å². The van der Waals surface area contributed by atoms with Gasteiger partial charge in [0.25, 0.3) is 0 Å². The van der Waals surface area contributed by atoms with Crippen LogP contribution in [0.4, 0.5) is 0 Å². The van der Waals surface area contributed by atoms with E-state index in [0.29, 0.717) is 6.40 Å². The Labute approximate surface area is 40.8 Å². The summed E-state index contributed by atoms with van der Waals surface area (Å²) in [7, 11) is 0. The van der Waals surface area contributed by atoms with Crippen molar-refractivity contribution in [3.63, 3.8) is 0 Å². The molecule has 0 aliphatic carbocycles. The summed E-state index contributed by atoms with van der Waals surface area (Å²) >= 11 is 0. The quantitative estimate of drug-likeness (QED) is 0.297. The zero-order valence-corrected chi connectivity index (χ0v) is 3.59. The minimum Gasteiger partial charge on any atom is -0.345 e. The SMILES string of the molecule is N=CC=NOC=N. The highest BCUT2D eigenvalue weighted by molar-refractivity contribution is 6.14. The molecule has 0 saturated heterocycles. The van der Waals surface area contributed by atoms with Crippen molar-refractivity contribution in [2.45, 2.75) is 0 Å². The van der Waals surface area contributed by atoms with E-state index in [4.69, 9.17) is 10.8 Å². The van der Waals surface area contributed by atoms with E-state index in [1.807, 2.05) is 0 Å². The normalized spacial score (nSPS) is 8.57. The van der Waals surface area contributed by atoms with Gasteiger partial charge in [-0.15, -0.1) is 0 Å². The predicted octanol–water partition coefficient (Wildman–Crippen LogP) is 0.245. The zero-order valence-electron chi connectivity index (χ0n) is 3.59. The Bertz CT molecular complexity index is 88.2. The van der Waals surface area contributed by atoms with Crippen molar-refractivity contribution < 1.29 is 4.84 Å². The van der Waals surface area contributed by atoms with Gasteiger partial charge in [-0.2, -0.15) is 0 Å². The third-order valence-electron chi connectivity index (χ3n) is 0.249. The average molecular weight is 99.1 g/mol. The fourth-order valence-corrected chi connectivity index (χ4v) is 0.0960. The Morgan fingerprint density at radius 3 is 2.57 bits per heavy atom. The molecule has 4 nitrogen and oxygen atoms in total. The van der Waals surface area contributed by atoms with Crippen molar-refractivity contribution >= 4 is 18.8 Å². The molecule has 0 saturated carbocycles. The molecular weight excluding hydrogens is 94.1 g/mol. The van der Waals surface area contributed by atoms with Crippen molar-refractivity contribution in [2.24, 2.45) is 5.16 Å². The smallest absolute Gasteiger partial charge is 0.204 e. The topological polar surface area (TPSA) is 69.3 Å². The van der Waals surface area contributed by atoms with Crippen LogP contribution in [0, 0.1) is 10.8 Å². The lowest BCUT2D eigenvalue weighted by atomic mass is 10.8. The largest absolute Gasteiger partial charge is 0.345 e. The van der Waals surface area contributed by atoms with E-state index in [-0.39, 0.29) is 0 Å². The maximum atomic E-state index is 6.35. The van der Waals surface area contributed by atoms with Crippen molar-refractivity contribution in [1.82, 2.24) is 0 Å². The van der Waals surface area contributed by atoms with Gasteiger partial charge in [-0.25, -0.2) is 0 Å². The van der Waals surface area contributed by atoms with Gasteiger partial charge in [0.1, 0.15) is 0 Å². The second kappa shape index (κ2) is 4.81. The van der Waals surface area contributed by atoms with Crippen LogP contribution in [0.3, 0.4) is 0 Å². The standard InChI is InChI=1S/C3H5N3O/c4-1-2-6-7-3-5/h1-5H. The summed E-state index contributed by atoms with van der Waals surface area (Å²) in [4.78, 5) is 4.03. The highest BCUT2D eigenvalue weighted by Gasteiger charge is 1.59. The monoisotopic (exact) mass is 99.0 g/mol. The van der Waals surface area contributed by atoms with E-state index >= 15 is 0 Å². The summed E-state index contributed by atoms with van der Waals surface area (Å²) in [6.07, 6.45) is 2.77. The van der Waals surface area contributed by atoms with Crippen molar-refractivity contribution in [3.05, 3.63) is 0 Å². The van der Waals surface area contributed by atoms with Crippen LogP contribution in [0.25, 0.3) is 0 Å². The molecule has 7 heavy (non-hydrogen) atoms. The molecule has 0 aromatic rings.